The van der Waals surface area contributed by atoms with E-state index in [1.54, 1.807) is 19.2 Å². The maximum atomic E-state index is 14.7. The van der Waals surface area contributed by atoms with Gasteiger partial charge in [0.15, 0.2) is 11.6 Å². The molecular formula is C20H24FN9O2. The van der Waals surface area contributed by atoms with Crippen LogP contribution in [0.25, 0.3) is 5.69 Å². The number of hydrogen-bond acceptors (Lipinski definition) is 9. The molecule has 3 heterocycles. The number of amides is 1. The number of rotatable bonds is 6. The molecule has 12 heteroatoms. The van der Waals surface area contributed by atoms with Crippen molar-refractivity contribution in [1.29, 1.82) is 0 Å². The third kappa shape index (κ3) is 4.36. The summed E-state index contributed by atoms with van der Waals surface area (Å²) >= 11 is 0. The van der Waals surface area contributed by atoms with E-state index in [0.29, 0.717) is 29.9 Å². The van der Waals surface area contributed by atoms with Crippen LogP contribution in [0.1, 0.15) is 35.3 Å². The number of anilines is 3. The Morgan fingerprint density at radius 3 is 2.72 bits per heavy atom. The van der Waals surface area contributed by atoms with Gasteiger partial charge in [-0.2, -0.15) is 10.2 Å². The van der Waals surface area contributed by atoms with Crippen molar-refractivity contribution in [1.82, 2.24) is 25.0 Å². The predicted octanol–water partition coefficient (Wildman–Crippen LogP) is 1.000. The van der Waals surface area contributed by atoms with E-state index in [-0.39, 0.29) is 23.2 Å². The third-order valence-corrected chi connectivity index (χ3v) is 5.44. The third-order valence-electron chi connectivity index (χ3n) is 5.44. The van der Waals surface area contributed by atoms with E-state index in [1.807, 2.05) is 0 Å². The molecule has 0 bridgehead atoms. The Labute approximate surface area is 183 Å². The largest absolute Gasteiger partial charge is 0.391 e. The summed E-state index contributed by atoms with van der Waals surface area (Å²) in [5.74, 6) is -1.64. The van der Waals surface area contributed by atoms with Gasteiger partial charge >= 0.3 is 0 Å². The van der Waals surface area contributed by atoms with Gasteiger partial charge in [0.25, 0.3) is 5.91 Å². The van der Waals surface area contributed by atoms with Crippen LogP contribution < -0.4 is 22.1 Å². The van der Waals surface area contributed by atoms with Gasteiger partial charge in [0.05, 0.1) is 47.7 Å². The lowest BCUT2D eigenvalue weighted by Gasteiger charge is -2.33. The molecular weight excluding hydrogens is 417 g/mol. The molecule has 1 saturated carbocycles. The maximum Gasteiger partial charge on any atom is 0.252 e. The number of pyridine rings is 2. The van der Waals surface area contributed by atoms with E-state index in [4.69, 9.17) is 11.5 Å². The van der Waals surface area contributed by atoms with Crippen LogP contribution in [0.3, 0.4) is 0 Å². The van der Waals surface area contributed by atoms with Gasteiger partial charge in [-0.15, -0.1) is 4.80 Å². The molecule has 32 heavy (non-hydrogen) atoms. The first-order valence-electron chi connectivity index (χ1n) is 10.1. The van der Waals surface area contributed by atoms with Gasteiger partial charge < -0.3 is 27.2 Å². The minimum absolute atomic E-state index is 0.0522. The normalized spacial score (nSPS) is 20.7. The molecule has 11 nitrogen and oxygen atoms in total. The Morgan fingerprint density at radius 1 is 1.25 bits per heavy atom. The zero-order valence-corrected chi connectivity index (χ0v) is 17.4. The van der Waals surface area contributed by atoms with Crippen LogP contribution in [-0.2, 0) is 0 Å². The van der Waals surface area contributed by atoms with E-state index < -0.39 is 23.9 Å². The van der Waals surface area contributed by atoms with E-state index in [0.717, 1.165) is 12.5 Å². The first-order valence-corrected chi connectivity index (χ1v) is 10.1. The van der Waals surface area contributed by atoms with Gasteiger partial charge in [-0.1, -0.05) is 0 Å². The SMILES string of the molecule is Cc1ncc(Nc2nc(NC3CCC[C@@H](O)[C@@H]3N)c(F)cc2C(N)=O)cc1-n1nccn1. The van der Waals surface area contributed by atoms with Gasteiger partial charge in [-0.3, -0.25) is 9.78 Å². The molecule has 1 fully saturated rings. The smallest absolute Gasteiger partial charge is 0.252 e. The molecule has 3 aromatic rings. The fraction of sp³-hybridized carbons (Fsp3) is 0.350. The maximum absolute atomic E-state index is 14.7. The standard InChI is InChI=1S/C20H24FN9O2/c1-10-15(30-25-5-6-26-30)7-11(9-24-10)27-19-12(18(23)32)8-13(21)20(29-19)28-14-3-2-4-16(31)17(14)22/h5-9,14,16-17,31H,2-4,22H2,1H3,(H2,23,32)(H2,27,28,29)/t14?,16-,17-/m1/s1. The van der Waals surface area contributed by atoms with E-state index >= 15 is 0 Å². The highest BCUT2D eigenvalue weighted by atomic mass is 19.1. The van der Waals surface area contributed by atoms with Gasteiger partial charge in [-0.05, 0) is 38.3 Å². The van der Waals surface area contributed by atoms with Gasteiger partial charge in [-0.25, -0.2) is 9.37 Å². The number of carbonyl (C=O) groups excluding carboxylic acids is 1. The van der Waals surface area contributed by atoms with Gasteiger partial charge in [0.2, 0.25) is 0 Å². The average Bonchev–Trinajstić information content (AvgIpc) is 3.29. The second-order valence-corrected chi connectivity index (χ2v) is 7.68. The second kappa shape index (κ2) is 8.85. The van der Waals surface area contributed by atoms with Crippen LogP contribution in [0.4, 0.5) is 21.7 Å². The zero-order chi connectivity index (χ0) is 22.8. The number of nitrogens with one attached hydrogen (secondary N) is 2. The van der Waals surface area contributed by atoms with Crippen molar-refractivity contribution >= 4 is 23.2 Å². The van der Waals surface area contributed by atoms with Crippen molar-refractivity contribution in [3.63, 3.8) is 0 Å². The number of aryl methyl sites for hydroxylation is 1. The van der Waals surface area contributed by atoms with Crippen LogP contribution >= 0.6 is 0 Å². The molecule has 3 aromatic heterocycles. The summed E-state index contributed by atoms with van der Waals surface area (Å²) in [4.78, 5) is 21.9. The lowest BCUT2D eigenvalue weighted by atomic mass is 9.88. The summed E-state index contributed by atoms with van der Waals surface area (Å²) in [6, 6.07) is 1.80. The summed E-state index contributed by atoms with van der Waals surface area (Å²) in [6.45, 7) is 1.80. The molecule has 4 rings (SSSR count). The second-order valence-electron chi connectivity index (χ2n) is 7.68. The van der Waals surface area contributed by atoms with Crippen LogP contribution in [-0.4, -0.2) is 54.2 Å². The summed E-state index contributed by atoms with van der Waals surface area (Å²) in [7, 11) is 0. The fourth-order valence-electron chi connectivity index (χ4n) is 3.69. The number of aliphatic hydroxyl groups is 1. The fourth-order valence-corrected chi connectivity index (χ4v) is 3.69. The number of primary amides is 1. The molecule has 168 valence electrons. The molecule has 0 radical (unpaired) electrons. The first kappa shape index (κ1) is 21.6. The molecule has 0 aliphatic heterocycles. The Morgan fingerprint density at radius 2 is 2.00 bits per heavy atom. The first-order chi connectivity index (χ1) is 15.3. The molecule has 1 unspecified atom stereocenters. The molecule has 7 N–H and O–H groups in total. The van der Waals surface area contributed by atoms with Crippen molar-refractivity contribution in [3.8, 4) is 5.69 Å². The number of aliphatic hydroxyl groups excluding tert-OH is 1. The Hall–Kier alpha value is -3.64. The predicted molar refractivity (Wildman–Crippen MR) is 115 cm³/mol. The number of carbonyl (C=O) groups is 1. The van der Waals surface area contributed by atoms with Crippen molar-refractivity contribution in [3.05, 3.63) is 47.8 Å². The van der Waals surface area contributed by atoms with Gasteiger partial charge in [0, 0.05) is 6.04 Å². The van der Waals surface area contributed by atoms with E-state index in [2.05, 4.69) is 30.8 Å². The highest BCUT2D eigenvalue weighted by molar-refractivity contribution is 5.98. The van der Waals surface area contributed by atoms with Crippen molar-refractivity contribution in [2.75, 3.05) is 10.6 Å². The zero-order valence-electron chi connectivity index (χ0n) is 17.4. The molecule has 0 saturated heterocycles. The molecule has 3 atom stereocenters. The van der Waals surface area contributed by atoms with Crippen molar-refractivity contribution in [2.45, 2.75) is 44.4 Å². The van der Waals surface area contributed by atoms with Crippen LogP contribution in [0.15, 0.2) is 30.7 Å². The lowest BCUT2D eigenvalue weighted by molar-refractivity contribution is 0.1000. The molecule has 1 amide bonds. The molecule has 1 aliphatic rings. The van der Waals surface area contributed by atoms with Crippen LogP contribution in [0.2, 0.25) is 0 Å². The number of aromatic nitrogens is 5. The topological polar surface area (TPSA) is 170 Å². The molecule has 1 aliphatic carbocycles. The van der Waals surface area contributed by atoms with Gasteiger partial charge in [0.1, 0.15) is 11.5 Å². The van der Waals surface area contributed by atoms with Crippen LogP contribution in [0, 0.1) is 12.7 Å². The summed E-state index contributed by atoms with van der Waals surface area (Å²) in [6.07, 6.45) is 5.93. The number of nitrogens with zero attached hydrogens (tertiary/aromatic N) is 5. The summed E-state index contributed by atoms with van der Waals surface area (Å²) in [5, 5.41) is 24.2. The van der Waals surface area contributed by atoms with E-state index in [1.165, 1.54) is 17.2 Å². The Kier molecular flexibility index (Phi) is 5.97. The minimum Gasteiger partial charge on any atom is -0.391 e. The Bertz CT molecular complexity index is 1120. The molecule has 0 aromatic carbocycles. The highest BCUT2D eigenvalue weighted by Gasteiger charge is 2.30. The number of nitrogens with two attached hydrogens (primary N) is 2. The summed E-state index contributed by atoms with van der Waals surface area (Å²) in [5.41, 5.74) is 13.2. The quantitative estimate of drug-likeness (QED) is 0.374. The Balaban J connectivity index is 1.66. The number of halogens is 1. The van der Waals surface area contributed by atoms with Crippen LogP contribution in [0.5, 0.6) is 0 Å². The number of hydrogen-bond donors (Lipinski definition) is 5. The summed E-state index contributed by atoms with van der Waals surface area (Å²) < 4.78 is 14.7. The van der Waals surface area contributed by atoms with Crippen molar-refractivity contribution in [2.24, 2.45) is 11.5 Å². The lowest BCUT2D eigenvalue weighted by Crippen LogP contribution is -2.51. The average molecular weight is 441 g/mol. The minimum atomic E-state index is -0.843. The molecule has 0 spiro atoms. The van der Waals surface area contributed by atoms with E-state index in [9.17, 15) is 14.3 Å². The van der Waals surface area contributed by atoms with Crippen molar-refractivity contribution < 1.29 is 14.3 Å². The highest BCUT2D eigenvalue weighted by Crippen LogP contribution is 2.27. The monoisotopic (exact) mass is 441 g/mol.